The van der Waals surface area contributed by atoms with Gasteiger partial charge in [-0.1, -0.05) is 0 Å². The molecule has 92 valence electrons. The lowest BCUT2D eigenvalue weighted by Crippen LogP contribution is -2.30. The Bertz CT molecular complexity index is 403. The zero-order valence-electron chi connectivity index (χ0n) is 10.0. The van der Waals surface area contributed by atoms with Crippen molar-refractivity contribution in [1.29, 1.82) is 5.41 Å². The molecule has 0 atom stereocenters. The first-order valence-electron chi connectivity index (χ1n) is 5.81. The van der Waals surface area contributed by atoms with E-state index in [1.54, 1.807) is 13.3 Å². The highest BCUT2D eigenvalue weighted by Crippen LogP contribution is 2.35. The summed E-state index contributed by atoms with van der Waals surface area (Å²) in [5.41, 5.74) is 5.41. The summed E-state index contributed by atoms with van der Waals surface area (Å²) in [6.07, 6.45) is 4.69. The summed E-state index contributed by atoms with van der Waals surface area (Å²) in [5, 5.41) is 7.31. The van der Waals surface area contributed by atoms with Crippen molar-refractivity contribution in [1.82, 2.24) is 4.98 Å². The van der Waals surface area contributed by atoms with Crippen LogP contribution in [-0.2, 0) is 0 Å². The highest BCUT2D eigenvalue weighted by atomic mass is 16.5. The molecule has 0 aromatic carbocycles. The zero-order chi connectivity index (χ0) is 12.3. The Morgan fingerprint density at radius 1 is 1.65 bits per heavy atom. The minimum atomic E-state index is 0.213. The van der Waals surface area contributed by atoms with Gasteiger partial charge in [0.1, 0.15) is 0 Å². The fraction of sp³-hybridized carbons (Fsp3) is 0.500. The zero-order valence-corrected chi connectivity index (χ0v) is 10.0. The third-order valence-corrected chi connectivity index (χ3v) is 2.85. The van der Waals surface area contributed by atoms with Gasteiger partial charge in [0.2, 0.25) is 0 Å². The molecule has 1 aliphatic rings. The number of nitrogens with one attached hydrogen (secondary N) is 1. The Kier molecular flexibility index (Phi) is 3.46. The summed E-state index contributed by atoms with van der Waals surface area (Å²) in [4.78, 5) is 6.57. The van der Waals surface area contributed by atoms with E-state index < -0.39 is 0 Å². The number of nitrogens with two attached hydrogens (primary N) is 1. The summed E-state index contributed by atoms with van der Waals surface area (Å²) < 4.78 is 5.32. The first-order chi connectivity index (χ1) is 8.22. The number of methoxy groups -OCH3 is 1. The summed E-state index contributed by atoms with van der Waals surface area (Å²) in [6, 6.07) is 4.29. The number of hydrogen-bond acceptors (Lipinski definition) is 4. The molecule has 1 aromatic heterocycles. The second-order valence-corrected chi connectivity index (χ2v) is 4.23. The molecule has 1 aliphatic carbocycles. The standard InChI is InChI=1S/C12H18N4O/c1-17-10-3-2-7-15-12(10)16(9-4-5-9)8-6-11(13)14/h2-3,7,9H,4-6,8H2,1H3,(H3,13,14). The topological polar surface area (TPSA) is 75.2 Å². The van der Waals surface area contributed by atoms with Gasteiger partial charge >= 0.3 is 0 Å². The van der Waals surface area contributed by atoms with Crippen molar-refractivity contribution in [2.75, 3.05) is 18.6 Å². The quantitative estimate of drug-likeness (QED) is 0.576. The Hall–Kier alpha value is -1.78. The third-order valence-electron chi connectivity index (χ3n) is 2.85. The third kappa shape index (κ3) is 2.87. The Labute approximate surface area is 101 Å². The van der Waals surface area contributed by atoms with Crippen molar-refractivity contribution in [3.05, 3.63) is 18.3 Å². The summed E-state index contributed by atoms with van der Waals surface area (Å²) in [7, 11) is 1.65. The van der Waals surface area contributed by atoms with Gasteiger partial charge in [-0.15, -0.1) is 0 Å². The van der Waals surface area contributed by atoms with Gasteiger partial charge in [0.15, 0.2) is 11.6 Å². The van der Waals surface area contributed by atoms with E-state index in [0.717, 1.165) is 18.1 Å². The lowest BCUT2D eigenvalue weighted by Gasteiger charge is -2.24. The predicted molar refractivity (Wildman–Crippen MR) is 67.7 cm³/mol. The van der Waals surface area contributed by atoms with E-state index in [4.69, 9.17) is 15.9 Å². The van der Waals surface area contributed by atoms with Gasteiger partial charge in [0.25, 0.3) is 0 Å². The van der Waals surface area contributed by atoms with Crippen LogP contribution >= 0.6 is 0 Å². The van der Waals surface area contributed by atoms with Crippen LogP contribution in [0, 0.1) is 5.41 Å². The molecule has 0 unspecified atom stereocenters. The number of hydrogen-bond donors (Lipinski definition) is 2. The maximum Gasteiger partial charge on any atom is 0.171 e. The molecule has 1 fully saturated rings. The van der Waals surface area contributed by atoms with Crippen molar-refractivity contribution in [2.24, 2.45) is 5.73 Å². The second-order valence-electron chi connectivity index (χ2n) is 4.23. The number of rotatable bonds is 6. The molecule has 1 aromatic rings. The van der Waals surface area contributed by atoms with E-state index >= 15 is 0 Å². The van der Waals surface area contributed by atoms with Crippen LogP contribution in [0.2, 0.25) is 0 Å². The second kappa shape index (κ2) is 5.03. The number of pyridine rings is 1. The van der Waals surface area contributed by atoms with Crippen LogP contribution in [0.5, 0.6) is 5.75 Å². The van der Waals surface area contributed by atoms with Crippen molar-refractivity contribution in [3.63, 3.8) is 0 Å². The number of anilines is 1. The highest BCUT2D eigenvalue weighted by molar-refractivity contribution is 5.77. The van der Waals surface area contributed by atoms with E-state index in [1.807, 2.05) is 12.1 Å². The van der Waals surface area contributed by atoms with Gasteiger partial charge in [-0.25, -0.2) is 4.98 Å². The van der Waals surface area contributed by atoms with E-state index in [-0.39, 0.29) is 5.84 Å². The molecular formula is C12H18N4O. The fourth-order valence-electron chi connectivity index (χ4n) is 1.85. The molecular weight excluding hydrogens is 216 g/mol. The Morgan fingerprint density at radius 2 is 2.41 bits per heavy atom. The molecule has 0 radical (unpaired) electrons. The van der Waals surface area contributed by atoms with Crippen LogP contribution in [0.4, 0.5) is 5.82 Å². The normalized spacial score (nSPS) is 14.4. The maximum absolute atomic E-state index is 7.31. The molecule has 0 spiro atoms. The number of amidine groups is 1. The van der Waals surface area contributed by atoms with Crippen LogP contribution in [0.15, 0.2) is 18.3 Å². The first kappa shape index (κ1) is 11.7. The van der Waals surface area contributed by atoms with Crippen LogP contribution in [0.3, 0.4) is 0 Å². The molecule has 1 heterocycles. The van der Waals surface area contributed by atoms with Crippen molar-refractivity contribution < 1.29 is 4.74 Å². The summed E-state index contributed by atoms with van der Waals surface area (Å²) in [5.74, 6) is 1.85. The van der Waals surface area contributed by atoms with Gasteiger partial charge in [-0.05, 0) is 25.0 Å². The van der Waals surface area contributed by atoms with Crippen molar-refractivity contribution in [3.8, 4) is 5.75 Å². The predicted octanol–water partition coefficient (Wildman–Crippen LogP) is 1.39. The SMILES string of the molecule is COc1cccnc1N(CCC(=N)N)C1CC1. The van der Waals surface area contributed by atoms with Gasteiger partial charge < -0.3 is 15.4 Å². The monoisotopic (exact) mass is 234 g/mol. The van der Waals surface area contributed by atoms with E-state index in [0.29, 0.717) is 12.5 Å². The van der Waals surface area contributed by atoms with Gasteiger partial charge in [0.05, 0.1) is 12.9 Å². The largest absolute Gasteiger partial charge is 0.493 e. The minimum Gasteiger partial charge on any atom is -0.493 e. The molecule has 5 heteroatoms. The Morgan fingerprint density at radius 3 is 3.00 bits per heavy atom. The fourth-order valence-corrected chi connectivity index (χ4v) is 1.85. The number of ether oxygens (including phenoxy) is 1. The van der Waals surface area contributed by atoms with Gasteiger partial charge in [-0.2, -0.15) is 0 Å². The molecule has 0 bridgehead atoms. The smallest absolute Gasteiger partial charge is 0.171 e. The van der Waals surface area contributed by atoms with E-state index in [9.17, 15) is 0 Å². The molecule has 17 heavy (non-hydrogen) atoms. The molecule has 0 amide bonds. The minimum absolute atomic E-state index is 0.213. The first-order valence-corrected chi connectivity index (χ1v) is 5.81. The maximum atomic E-state index is 7.31. The van der Waals surface area contributed by atoms with Crippen LogP contribution in [0.1, 0.15) is 19.3 Å². The summed E-state index contributed by atoms with van der Waals surface area (Å²) >= 11 is 0. The van der Waals surface area contributed by atoms with Crippen LogP contribution < -0.4 is 15.4 Å². The lowest BCUT2D eigenvalue weighted by atomic mass is 10.3. The average Bonchev–Trinajstić information content (AvgIpc) is 3.14. The van der Waals surface area contributed by atoms with Crippen molar-refractivity contribution in [2.45, 2.75) is 25.3 Å². The molecule has 5 nitrogen and oxygen atoms in total. The van der Waals surface area contributed by atoms with E-state index in [2.05, 4.69) is 9.88 Å². The molecule has 2 rings (SSSR count). The molecule has 3 N–H and O–H groups in total. The highest BCUT2D eigenvalue weighted by Gasteiger charge is 2.31. The number of nitrogens with zero attached hydrogens (tertiary/aromatic N) is 2. The van der Waals surface area contributed by atoms with Gasteiger partial charge in [-0.3, -0.25) is 5.41 Å². The molecule has 0 saturated heterocycles. The van der Waals surface area contributed by atoms with Crippen LogP contribution in [0.25, 0.3) is 0 Å². The van der Waals surface area contributed by atoms with Crippen molar-refractivity contribution >= 4 is 11.7 Å². The summed E-state index contributed by atoms with van der Waals surface area (Å²) in [6.45, 7) is 0.730. The van der Waals surface area contributed by atoms with Crippen LogP contribution in [-0.4, -0.2) is 30.5 Å². The molecule has 0 aliphatic heterocycles. The Balaban J connectivity index is 2.16. The lowest BCUT2D eigenvalue weighted by molar-refractivity contribution is 0.412. The van der Waals surface area contributed by atoms with Gasteiger partial charge in [0, 0.05) is 25.2 Å². The van der Waals surface area contributed by atoms with E-state index in [1.165, 1.54) is 12.8 Å². The number of aromatic nitrogens is 1. The average molecular weight is 234 g/mol. The molecule has 1 saturated carbocycles.